The Bertz CT molecular complexity index is 721. The molecule has 0 radical (unpaired) electrons. The average molecular weight is 369 g/mol. The molecule has 0 aliphatic carbocycles. The monoisotopic (exact) mass is 369 g/mol. The van der Waals surface area contributed by atoms with Crippen molar-refractivity contribution < 1.29 is 17.9 Å². The van der Waals surface area contributed by atoms with Crippen LogP contribution < -0.4 is 14.2 Å². The number of hydrogen-bond donors (Lipinski definition) is 1. The largest absolute Gasteiger partial charge is 0.454 e. The molecule has 1 N–H and O–H groups in total. The highest BCUT2D eigenvalue weighted by Crippen LogP contribution is 2.33. The molecule has 0 bridgehead atoms. The SMILES string of the molecule is CC(C)C1CN(Cc2ccc3c(c2)OCO3)CC1NS(=O)(=O)N(C)C. The number of likely N-dealkylation sites (tertiary alicyclic amines) is 1. The standard InChI is InChI=1S/C17H27N3O4S/c1-12(2)14-9-20(10-15(14)18-25(21,22)19(3)4)8-13-5-6-16-17(7-13)24-11-23-16/h5-7,12,14-15,18H,8-11H2,1-4H3. The molecular weight excluding hydrogens is 342 g/mol. The van der Waals surface area contributed by atoms with Crippen LogP contribution in [0.2, 0.25) is 0 Å². The van der Waals surface area contributed by atoms with Gasteiger partial charge < -0.3 is 9.47 Å². The molecule has 3 rings (SSSR count). The van der Waals surface area contributed by atoms with Crippen molar-refractivity contribution in [2.75, 3.05) is 34.0 Å². The van der Waals surface area contributed by atoms with Crippen molar-refractivity contribution in [1.29, 1.82) is 0 Å². The molecule has 1 aromatic carbocycles. The van der Waals surface area contributed by atoms with Crippen LogP contribution in [0.15, 0.2) is 18.2 Å². The Balaban J connectivity index is 1.69. The lowest BCUT2D eigenvalue weighted by molar-refractivity contribution is 0.174. The van der Waals surface area contributed by atoms with Gasteiger partial charge in [0.1, 0.15) is 0 Å². The summed E-state index contributed by atoms with van der Waals surface area (Å²) in [6.07, 6.45) is 0. The van der Waals surface area contributed by atoms with Crippen LogP contribution in [0, 0.1) is 11.8 Å². The normalized spacial score (nSPS) is 23.8. The van der Waals surface area contributed by atoms with Gasteiger partial charge in [-0.3, -0.25) is 4.90 Å². The molecular formula is C17H27N3O4S. The minimum Gasteiger partial charge on any atom is -0.454 e. The first kappa shape index (κ1) is 18.4. The number of benzene rings is 1. The smallest absolute Gasteiger partial charge is 0.279 e. The second kappa shape index (κ2) is 7.11. The molecule has 0 spiro atoms. The maximum absolute atomic E-state index is 12.2. The van der Waals surface area contributed by atoms with Crippen LogP contribution in [0.5, 0.6) is 11.5 Å². The Morgan fingerprint density at radius 1 is 1.24 bits per heavy atom. The lowest BCUT2D eigenvalue weighted by Gasteiger charge is -2.24. The van der Waals surface area contributed by atoms with Crippen molar-refractivity contribution in [1.82, 2.24) is 13.9 Å². The van der Waals surface area contributed by atoms with E-state index in [1.807, 2.05) is 18.2 Å². The number of nitrogens with one attached hydrogen (secondary N) is 1. The van der Waals surface area contributed by atoms with Crippen LogP contribution in [-0.4, -0.2) is 57.6 Å². The Kier molecular flexibility index (Phi) is 5.24. The van der Waals surface area contributed by atoms with E-state index in [0.29, 0.717) is 12.5 Å². The minimum atomic E-state index is -3.43. The predicted octanol–water partition coefficient (Wildman–Crippen LogP) is 1.27. The quantitative estimate of drug-likeness (QED) is 0.818. The van der Waals surface area contributed by atoms with E-state index in [4.69, 9.17) is 9.47 Å². The van der Waals surface area contributed by atoms with Gasteiger partial charge in [0.25, 0.3) is 10.2 Å². The molecule has 1 saturated heterocycles. The molecule has 0 aromatic heterocycles. The fraction of sp³-hybridized carbons (Fsp3) is 0.647. The van der Waals surface area contributed by atoms with Crippen LogP contribution in [0.4, 0.5) is 0 Å². The Morgan fingerprint density at radius 3 is 2.64 bits per heavy atom. The Hall–Kier alpha value is -1.35. The second-order valence-corrected chi connectivity index (χ2v) is 9.22. The van der Waals surface area contributed by atoms with Gasteiger partial charge in [-0.05, 0) is 29.5 Å². The first-order chi connectivity index (χ1) is 11.8. The maximum atomic E-state index is 12.2. The summed E-state index contributed by atoms with van der Waals surface area (Å²) >= 11 is 0. The van der Waals surface area contributed by atoms with Gasteiger partial charge >= 0.3 is 0 Å². The highest BCUT2D eigenvalue weighted by Gasteiger charge is 2.37. The molecule has 2 atom stereocenters. The molecule has 0 saturated carbocycles. The third-order valence-corrected chi connectivity index (χ3v) is 6.48. The van der Waals surface area contributed by atoms with Gasteiger partial charge in [-0.25, -0.2) is 0 Å². The van der Waals surface area contributed by atoms with Crippen LogP contribution in [0.1, 0.15) is 19.4 Å². The summed E-state index contributed by atoms with van der Waals surface area (Å²) in [6, 6.07) is 5.89. The molecule has 2 unspecified atom stereocenters. The van der Waals surface area contributed by atoms with Gasteiger partial charge in [-0.2, -0.15) is 17.4 Å². The molecule has 25 heavy (non-hydrogen) atoms. The number of hydrogen-bond acceptors (Lipinski definition) is 5. The molecule has 7 nitrogen and oxygen atoms in total. The topological polar surface area (TPSA) is 71.1 Å². The molecule has 2 aliphatic rings. The van der Waals surface area contributed by atoms with Crippen molar-refractivity contribution in [3.8, 4) is 11.5 Å². The summed E-state index contributed by atoms with van der Waals surface area (Å²) in [5.41, 5.74) is 1.14. The Morgan fingerprint density at radius 2 is 1.96 bits per heavy atom. The number of fused-ring (bicyclic) bond motifs is 1. The Labute approximate surface area is 150 Å². The number of rotatable bonds is 6. The van der Waals surface area contributed by atoms with Crippen LogP contribution in [0.3, 0.4) is 0 Å². The van der Waals surface area contributed by atoms with Gasteiger partial charge in [0.15, 0.2) is 11.5 Å². The molecule has 140 valence electrons. The maximum Gasteiger partial charge on any atom is 0.279 e. The third kappa shape index (κ3) is 4.08. The molecule has 2 heterocycles. The number of ether oxygens (including phenoxy) is 2. The average Bonchev–Trinajstić information content (AvgIpc) is 3.13. The van der Waals surface area contributed by atoms with Gasteiger partial charge in [-0.15, -0.1) is 0 Å². The summed E-state index contributed by atoms with van der Waals surface area (Å²) in [7, 11) is -0.337. The minimum absolute atomic E-state index is 0.0820. The second-order valence-electron chi connectivity index (χ2n) is 7.30. The lowest BCUT2D eigenvalue weighted by Crippen LogP contribution is -2.46. The van der Waals surface area contributed by atoms with E-state index in [2.05, 4.69) is 23.5 Å². The van der Waals surface area contributed by atoms with Crippen molar-refractivity contribution in [2.45, 2.75) is 26.4 Å². The summed E-state index contributed by atoms with van der Waals surface area (Å²) in [4.78, 5) is 2.30. The third-order valence-electron chi connectivity index (χ3n) is 4.92. The van der Waals surface area contributed by atoms with Crippen molar-refractivity contribution in [3.63, 3.8) is 0 Å². The van der Waals surface area contributed by atoms with E-state index in [9.17, 15) is 8.42 Å². The van der Waals surface area contributed by atoms with Gasteiger partial charge in [0.05, 0.1) is 0 Å². The van der Waals surface area contributed by atoms with Crippen LogP contribution >= 0.6 is 0 Å². The lowest BCUT2D eigenvalue weighted by atomic mass is 9.92. The number of nitrogens with zero attached hydrogens (tertiary/aromatic N) is 2. The van der Waals surface area contributed by atoms with Crippen LogP contribution in [-0.2, 0) is 16.8 Å². The summed E-state index contributed by atoms with van der Waals surface area (Å²) in [5, 5.41) is 0. The fourth-order valence-corrected chi connectivity index (χ4v) is 4.28. The summed E-state index contributed by atoms with van der Waals surface area (Å²) < 4.78 is 39.3. The zero-order valence-corrected chi connectivity index (χ0v) is 16.0. The van der Waals surface area contributed by atoms with Gasteiger partial charge in [-0.1, -0.05) is 19.9 Å². The van der Waals surface area contributed by atoms with E-state index >= 15 is 0 Å². The van der Waals surface area contributed by atoms with Crippen molar-refractivity contribution >= 4 is 10.2 Å². The van der Waals surface area contributed by atoms with E-state index in [1.165, 1.54) is 4.31 Å². The fourth-order valence-electron chi connectivity index (χ4n) is 3.44. The van der Waals surface area contributed by atoms with E-state index in [-0.39, 0.29) is 18.8 Å². The highest BCUT2D eigenvalue weighted by molar-refractivity contribution is 7.87. The van der Waals surface area contributed by atoms with E-state index < -0.39 is 10.2 Å². The summed E-state index contributed by atoms with van der Waals surface area (Å²) in [5.74, 6) is 2.24. The zero-order chi connectivity index (χ0) is 18.2. The van der Waals surface area contributed by atoms with Crippen molar-refractivity contribution in [3.05, 3.63) is 23.8 Å². The molecule has 1 aromatic rings. The molecule has 1 fully saturated rings. The molecule has 8 heteroatoms. The first-order valence-electron chi connectivity index (χ1n) is 8.57. The summed E-state index contributed by atoms with van der Waals surface area (Å²) in [6.45, 7) is 6.89. The van der Waals surface area contributed by atoms with Crippen LogP contribution in [0.25, 0.3) is 0 Å². The predicted molar refractivity (Wildman–Crippen MR) is 95.7 cm³/mol. The van der Waals surface area contributed by atoms with Crippen molar-refractivity contribution in [2.24, 2.45) is 11.8 Å². The highest BCUT2D eigenvalue weighted by atomic mass is 32.2. The molecule has 0 amide bonds. The zero-order valence-electron chi connectivity index (χ0n) is 15.2. The van der Waals surface area contributed by atoms with Gasteiger partial charge in [0, 0.05) is 39.8 Å². The first-order valence-corrected chi connectivity index (χ1v) is 10.0. The van der Waals surface area contributed by atoms with Gasteiger partial charge in [0.2, 0.25) is 6.79 Å². The molecule has 2 aliphatic heterocycles. The van der Waals surface area contributed by atoms with E-state index in [0.717, 1.165) is 30.2 Å². The van der Waals surface area contributed by atoms with E-state index in [1.54, 1.807) is 14.1 Å².